The van der Waals surface area contributed by atoms with E-state index in [1.807, 2.05) is 0 Å². The minimum atomic E-state index is -0.580. The van der Waals surface area contributed by atoms with Crippen LogP contribution < -0.4 is 0 Å². The standard InChI is InChI=1S/C13H15FN2O2/c1-3-8-16-9-11(13(4-2)18-10-17)12(15-16)6-5-7-14/h3-5,7,9-10,13H,1-2,6,8H2. The molecular weight excluding hydrogens is 235 g/mol. The summed E-state index contributed by atoms with van der Waals surface area (Å²) in [5, 5.41) is 4.27. The Hall–Kier alpha value is -2.17. The summed E-state index contributed by atoms with van der Waals surface area (Å²) in [5.41, 5.74) is 1.33. The minimum Gasteiger partial charge on any atom is -0.455 e. The van der Waals surface area contributed by atoms with Gasteiger partial charge in [-0.25, -0.2) is 4.39 Å². The zero-order chi connectivity index (χ0) is 13.4. The normalized spacial score (nSPS) is 12.3. The van der Waals surface area contributed by atoms with Crippen molar-refractivity contribution in [2.24, 2.45) is 0 Å². The van der Waals surface area contributed by atoms with Gasteiger partial charge in [-0.2, -0.15) is 5.10 Å². The van der Waals surface area contributed by atoms with E-state index in [4.69, 9.17) is 4.74 Å². The number of carbonyl (C=O) groups excluding carboxylic acids is 1. The van der Waals surface area contributed by atoms with E-state index >= 15 is 0 Å². The third kappa shape index (κ3) is 3.41. The monoisotopic (exact) mass is 250 g/mol. The molecule has 0 fully saturated rings. The highest BCUT2D eigenvalue weighted by atomic mass is 19.1. The van der Waals surface area contributed by atoms with Crippen molar-refractivity contribution in [1.82, 2.24) is 9.78 Å². The molecule has 0 spiro atoms. The van der Waals surface area contributed by atoms with E-state index in [9.17, 15) is 9.18 Å². The fourth-order valence-corrected chi connectivity index (χ4v) is 1.57. The zero-order valence-electron chi connectivity index (χ0n) is 9.96. The lowest BCUT2D eigenvalue weighted by Crippen LogP contribution is -2.01. The first kappa shape index (κ1) is 13.9. The highest BCUT2D eigenvalue weighted by Gasteiger charge is 2.16. The van der Waals surface area contributed by atoms with Crippen LogP contribution in [-0.2, 0) is 22.5 Å². The fraction of sp³-hybridized carbons (Fsp3) is 0.231. The van der Waals surface area contributed by atoms with Crippen LogP contribution in [0.1, 0.15) is 17.4 Å². The molecule has 0 saturated carbocycles. The van der Waals surface area contributed by atoms with E-state index in [-0.39, 0.29) is 0 Å². The maximum Gasteiger partial charge on any atom is 0.294 e. The summed E-state index contributed by atoms with van der Waals surface area (Å²) in [7, 11) is 0. The average Bonchev–Trinajstić information content (AvgIpc) is 2.77. The molecule has 0 amide bonds. The van der Waals surface area contributed by atoms with Crippen LogP contribution in [0, 0.1) is 0 Å². The number of ether oxygens (including phenoxy) is 1. The van der Waals surface area contributed by atoms with Crippen molar-refractivity contribution in [3.63, 3.8) is 0 Å². The Bertz CT molecular complexity index is 452. The van der Waals surface area contributed by atoms with Gasteiger partial charge in [0.2, 0.25) is 0 Å². The summed E-state index contributed by atoms with van der Waals surface area (Å²) in [4.78, 5) is 10.4. The van der Waals surface area contributed by atoms with Crippen LogP contribution in [0.2, 0.25) is 0 Å². The van der Waals surface area contributed by atoms with Gasteiger partial charge in [-0.1, -0.05) is 18.7 Å². The van der Waals surface area contributed by atoms with Crippen molar-refractivity contribution in [3.8, 4) is 0 Å². The summed E-state index contributed by atoms with van der Waals surface area (Å²) in [6, 6.07) is 0. The van der Waals surface area contributed by atoms with Crippen molar-refractivity contribution in [2.45, 2.75) is 19.1 Å². The van der Waals surface area contributed by atoms with E-state index < -0.39 is 6.10 Å². The van der Waals surface area contributed by atoms with Gasteiger partial charge in [-0.05, 0) is 6.08 Å². The largest absolute Gasteiger partial charge is 0.455 e. The Labute approximate surface area is 105 Å². The number of hydrogen-bond acceptors (Lipinski definition) is 3. The number of rotatable bonds is 8. The summed E-state index contributed by atoms with van der Waals surface area (Å²) in [6.45, 7) is 8.09. The second-order valence-corrected chi connectivity index (χ2v) is 3.50. The van der Waals surface area contributed by atoms with E-state index in [1.165, 1.54) is 12.2 Å². The van der Waals surface area contributed by atoms with Gasteiger partial charge in [0.15, 0.2) is 0 Å². The highest BCUT2D eigenvalue weighted by molar-refractivity contribution is 5.40. The summed E-state index contributed by atoms with van der Waals surface area (Å²) < 4.78 is 18.6. The smallest absolute Gasteiger partial charge is 0.294 e. The number of halogens is 1. The molecule has 1 rings (SSSR count). The van der Waals surface area contributed by atoms with E-state index in [0.717, 1.165) is 0 Å². The van der Waals surface area contributed by atoms with Crippen LogP contribution in [0.3, 0.4) is 0 Å². The van der Waals surface area contributed by atoms with E-state index in [1.54, 1.807) is 17.0 Å². The Morgan fingerprint density at radius 3 is 2.89 bits per heavy atom. The van der Waals surface area contributed by atoms with Crippen molar-refractivity contribution in [2.75, 3.05) is 0 Å². The number of nitrogens with zero attached hydrogens (tertiary/aromatic N) is 2. The summed E-state index contributed by atoms with van der Waals surface area (Å²) >= 11 is 0. The maximum absolute atomic E-state index is 12.1. The maximum atomic E-state index is 12.1. The molecule has 96 valence electrons. The van der Waals surface area contributed by atoms with Crippen LogP contribution in [0.4, 0.5) is 4.39 Å². The lowest BCUT2D eigenvalue weighted by atomic mass is 10.1. The molecule has 0 aliphatic carbocycles. The number of hydrogen-bond donors (Lipinski definition) is 0. The first-order chi connectivity index (χ1) is 8.76. The molecule has 1 unspecified atom stereocenters. The first-order valence-electron chi connectivity index (χ1n) is 5.40. The van der Waals surface area contributed by atoms with Gasteiger partial charge in [0.05, 0.1) is 18.6 Å². The topological polar surface area (TPSA) is 44.1 Å². The molecule has 0 bridgehead atoms. The van der Waals surface area contributed by atoms with Crippen molar-refractivity contribution >= 4 is 6.47 Å². The molecule has 0 saturated heterocycles. The van der Waals surface area contributed by atoms with Gasteiger partial charge in [0.25, 0.3) is 6.47 Å². The predicted octanol–water partition coefficient (Wildman–Crippen LogP) is 2.49. The Morgan fingerprint density at radius 1 is 1.56 bits per heavy atom. The van der Waals surface area contributed by atoms with Gasteiger partial charge in [-0.3, -0.25) is 9.48 Å². The van der Waals surface area contributed by atoms with E-state index in [2.05, 4.69) is 18.3 Å². The van der Waals surface area contributed by atoms with Crippen LogP contribution in [0.25, 0.3) is 0 Å². The fourth-order valence-electron chi connectivity index (χ4n) is 1.57. The quantitative estimate of drug-likeness (QED) is 0.526. The second-order valence-electron chi connectivity index (χ2n) is 3.50. The van der Waals surface area contributed by atoms with Gasteiger partial charge in [0.1, 0.15) is 6.10 Å². The molecule has 5 heteroatoms. The second kappa shape index (κ2) is 7.21. The van der Waals surface area contributed by atoms with Gasteiger partial charge < -0.3 is 4.74 Å². The molecule has 0 aromatic carbocycles. The molecule has 18 heavy (non-hydrogen) atoms. The molecule has 0 radical (unpaired) electrons. The Morgan fingerprint density at radius 2 is 2.33 bits per heavy atom. The third-order valence-electron chi connectivity index (χ3n) is 2.31. The molecule has 4 nitrogen and oxygen atoms in total. The third-order valence-corrected chi connectivity index (χ3v) is 2.31. The lowest BCUT2D eigenvalue weighted by Gasteiger charge is -2.09. The summed E-state index contributed by atoms with van der Waals surface area (Å²) in [6.07, 6.45) is 6.46. The average molecular weight is 250 g/mol. The molecule has 0 aliphatic heterocycles. The summed E-state index contributed by atoms with van der Waals surface area (Å²) in [5.74, 6) is 0. The van der Waals surface area contributed by atoms with Crippen molar-refractivity contribution in [1.29, 1.82) is 0 Å². The Balaban J connectivity index is 3.07. The number of carbonyl (C=O) groups is 1. The van der Waals surface area contributed by atoms with Gasteiger partial charge >= 0.3 is 0 Å². The van der Waals surface area contributed by atoms with Gasteiger partial charge in [-0.15, -0.1) is 6.58 Å². The lowest BCUT2D eigenvalue weighted by molar-refractivity contribution is -0.131. The van der Waals surface area contributed by atoms with E-state index in [0.29, 0.717) is 37.0 Å². The molecule has 1 heterocycles. The molecule has 0 aliphatic rings. The van der Waals surface area contributed by atoms with Gasteiger partial charge in [0, 0.05) is 18.2 Å². The molecule has 1 aromatic heterocycles. The van der Waals surface area contributed by atoms with Crippen LogP contribution in [0.15, 0.2) is 43.9 Å². The molecular formula is C13H15FN2O2. The number of aromatic nitrogens is 2. The van der Waals surface area contributed by atoms with Crippen molar-refractivity contribution < 1.29 is 13.9 Å². The van der Waals surface area contributed by atoms with Crippen LogP contribution in [0.5, 0.6) is 0 Å². The minimum absolute atomic E-state index is 0.322. The highest BCUT2D eigenvalue weighted by Crippen LogP contribution is 2.22. The number of allylic oxidation sites excluding steroid dienone is 2. The predicted molar refractivity (Wildman–Crippen MR) is 66.5 cm³/mol. The van der Waals surface area contributed by atoms with Crippen LogP contribution >= 0.6 is 0 Å². The molecule has 1 aromatic rings. The molecule has 1 atom stereocenters. The van der Waals surface area contributed by atoms with Crippen molar-refractivity contribution in [3.05, 3.63) is 55.2 Å². The first-order valence-corrected chi connectivity index (χ1v) is 5.40. The van der Waals surface area contributed by atoms with Crippen LogP contribution in [-0.4, -0.2) is 16.3 Å². The molecule has 0 N–H and O–H groups in total. The SMILES string of the molecule is C=CCn1cc(C(C=C)OC=O)c(CC=CF)n1. The Kier molecular flexibility index (Phi) is 5.57. The zero-order valence-corrected chi connectivity index (χ0v) is 9.96.